The third-order valence-electron chi connectivity index (χ3n) is 2.48. The van der Waals surface area contributed by atoms with Gasteiger partial charge in [0.15, 0.2) is 0 Å². The smallest absolute Gasteiger partial charge is 0.416 e. The molecule has 0 saturated heterocycles. The van der Waals surface area contributed by atoms with Crippen LogP contribution in [0.1, 0.15) is 35.9 Å². The number of rotatable bonds is 3. The topological polar surface area (TPSA) is 64.9 Å². The summed E-state index contributed by atoms with van der Waals surface area (Å²) < 4.78 is 42.9. The molecule has 2 N–H and O–H groups in total. The maximum Gasteiger partial charge on any atom is 0.416 e. The zero-order valence-corrected chi connectivity index (χ0v) is 10.1. The molecular formula is C12H12F3N3O. The van der Waals surface area contributed by atoms with Crippen LogP contribution in [0.3, 0.4) is 0 Å². The van der Waals surface area contributed by atoms with Crippen LogP contribution in [0.5, 0.6) is 0 Å². The lowest BCUT2D eigenvalue weighted by molar-refractivity contribution is -0.137. The van der Waals surface area contributed by atoms with Crippen molar-refractivity contribution >= 4 is 0 Å². The predicted molar refractivity (Wildman–Crippen MR) is 61.2 cm³/mol. The standard InChI is InChI=1S/C12H12F3N3O/c1-7(16)11-18-17-10(19-11)6-8-3-2-4-9(5-8)12(13,14)15/h2-5,7H,6,16H2,1H3. The normalized spacial score (nSPS) is 13.5. The van der Waals surface area contributed by atoms with Crippen LogP contribution in [-0.4, -0.2) is 10.2 Å². The molecule has 1 aromatic carbocycles. The second-order valence-electron chi connectivity index (χ2n) is 4.20. The van der Waals surface area contributed by atoms with Gasteiger partial charge in [-0.25, -0.2) is 0 Å². The fourth-order valence-corrected chi connectivity index (χ4v) is 1.55. The first-order valence-electron chi connectivity index (χ1n) is 5.60. The lowest BCUT2D eigenvalue weighted by atomic mass is 10.1. The summed E-state index contributed by atoms with van der Waals surface area (Å²) in [7, 11) is 0. The van der Waals surface area contributed by atoms with E-state index in [1.54, 1.807) is 13.0 Å². The predicted octanol–water partition coefficient (Wildman–Crippen LogP) is 2.70. The first-order valence-corrected chi connectivity index (χ1v) is 5.60. The molecule has 0 saturated carbocycles. The van der Waals surface area contributed by atoms with Gasteiger partial charge in [-0.15, -0.1) is 10.2 Å². The van der Waals surface area contributed by atoms with E-state index in [1.807, 2.05) is 0 Å². The lowest BCUT2D eigenvalue weighted by Gasteiger charge is -2.07. The van der Waals surface area contributed by atoms with Gasteiger partial charge in [0.05, 0.1) is 18.0 Å². The molecule has 7 heteroatoms. The number of hydrogen-bond donors (Lipinski definition) is 1. The van der Waals surface area contributed by atoms with E-state index < -0.39 is 17.8 Å². The second kappa shape index (κ2) is 5.00. The minimum Gasteiger partial charge on any atom is -0.423 e. The summed E-state index contributed by atoms with van der Waals surface area (Å²) in [5.74, 6) is 0.508. The van der Waals surface area contributed by atoms with Crippen LogP contribution in [0.15, 0.2) is 28.7 Å². The second-order valence-corrected chi connectivity index (χ2v) is 4.20. The molecule has 0 amide bonds. The molecule has 0 spiro atoms. The highest BCUT2D eigenvalue weighted by Crippen LogP contribution is 2.29. The molecule has 0 aliphatic heterocycles. The Morgan fingerprint density at radius 3 is 2.63 bits per heavy atom. The van der Waals surface area contributed by atoms with Crippen LogP contribution in [0.4, 0.5) is 13.2 Å². The third kappa shape index (κ3) is 3.31. The Bertz CT molecular complexity index is 563. The lowest BCUT2D eigenvalue weighted by Crippen LogP contribution is -2.05. The summed E-state index contributed by atoms with van der Waals surface area (Å²) in [6.45, 7) is 1.68. The van der Waals surface area contributed by atoms with Crippen LogP contribution in [0.2, 0.25) is 0 Å². The first kappa shape index (κ1) is 13.5. The number of hydrogen-bond acceptors (Lipinski definition) is 4. The quantitative estimate of drug-likeness (QED) is 0.932. The summed E-state index contributed by atoms with van der Waals surface area (Å²) in [5.41, 5.74) is 5.31. The van der Waals surface area contributed by atoms with Crippen molar-refractivity contribution in [3.05, 3.63) is 47.2 Å². The Hall–Kier alpha value is -1.89. The molecule has 4 nitrogen and oxygen atoms in total. The Morgan fingerprint density at radius 2 is 2.05 bits per heavy atom. The van der Waals surface area contributed by atoms with Gasteiger partial charge in [-0.2, -0.15) is 13.2 Å². The maximum atomic E-state index is 12.5. The first-order chi connectivity index (χ1) is 8.86. The molecule has 102 valence electrons. The van der Waals surface area contributed by atoms with Crippen molar-refractivity contribution in [3.63, 3.8) is 0 Å². The summed E-state index contributed by atoms with van der Waals surface area (Å²) in [6, 6.07) is 4.61. The number of benzene rings is 1. The van der Waals surface area contributed by atoms with E-state index in [0.717, 1.165) is 12.1 Å². The highest BCUT2D eigenvalue weighted by atomic mass is 19.4. The van der Waals surface area contributed by atoms with E-state index in [9.17, 15) is 13.2 Å². The van der Waals surface area contributed by atoms with E-state index in [1.165, 1.54) is 6.07 Å². The van der Waals surface area contributed by atoms with Crippen LogP contribution in [0, 0.1) is 0 Å². The summed E-state index contributed by atoms with van der Waals surface area (Å²) >= 11 is 0. The number of nitrogens with two attached hydrogens (primary N) is 1. The van der Waals surface area contributed by atoms with E-state index in [4.69, 9.17) is 10.2 Å². The summed E-state index contributed by atoms with van der Waals surface area (Å²) in [6.07, 6.45) is -4.22. The SMILES string of the molecule is CC(N)c1nnc(Cc2cccc(C(F)(F)F)c2)o1. The van der Waals surface area contributed by atoms with Crippen molar-refractivity contribution in [2.24, 2.45) is 5.73 Å². The van der Waals surface area contributed by atoms with Crippen molar-refractivity contribution in [1.82, 2.24) is 10.2 Å². The maximum absolute atomic E-state index is 12.5. The Balaban J connectivity index is 2.19. The molecule has 19 heavy (non-hydrogen) atoms. The van der Waals surface area contributed by atoms with Crippen molar-refractivity contribution in [2.75, 3.05) is 0 Å². The van der Waals surface area contributed by atoms with Gasteiger partial charge < -0.3 is 10.2 Å². The van der Waals surface area contributed by atoms with Crippen molar-refractivity contribution in [3.8, 4) is 0 Å². The molecule has 0 fully saturated rings. The zero-order chi connectivity index (χ0) is 14.0. The van der Waals surface area contributed by atoms with Crippen molar-refractivity contribution in [1.29, 1.82) is 0 Å². The molecule has 0 aliphatic carbocycles. The van der Waals surface area contributed by atoms with Gasteiger partial charge in [0.1, 0.15) is 0 Å². The number of nitrogens with zero attached hydrogens (tertiary/aromatic N) is 2. The van der Waals surface area contributed by atoms with E-state index in [-0.39, 0.29) is 18.2 Å². The van der Waals surface area contributed by atoms with Gasteiger partial charge in [0.2, 0.25) is 11.8 Å². The van der Waals surface area contributed by atoms with Crippen molar-refractivity contribution in [2.45, 2.75) is 25.6 Å². The van der Waals surface area contributed by atoms with Crippen LogP contribution in [0.25, 0.3) is 0 Å². The molecule has 1 unspecified atom stereocenters. The molecule has 2 aromatic rings. The van der Waals surface area contributed by atoms with Gasteiger partial charge in [-0.05, 0) is 18.6 Å². The Labute approximate surface area is 107 Å². The zero-order valence-electron chi connectivity index (χ0n) is 10.1. The molecule has 1 aromatic heterocycles. The number of aromatic nitrogens is 2. The van der Waals surface area contributed by atoms with Crippen LogP contribution in [-0.2, 0) is 12.6 Å². The molecular weight excluding hydrogens is 259 g/mol. The Morgan fingerprint density at radius 1 is 1.32 bits per heavy atom. The highest BCUT2D eigenvalue weighted by Gasteiger charge is 2.30. The molecule has 1 atom stereocenters. The Kier molecular flexibility index (Phi) is 3.57. The number of halogens is 3. The molecule has 0 aliphatic rings. The molecule has 2 rings (SSSR count). The fraction of sp³-hybridized carbons (Fsp3) is 0.333. The minimum atomic E-state index is -4.36. The van der Waals surface area contributed by atoms with E-state index >= 15 is 0 Å². The van der Waals surface area contributed by atoms with Gasteiger partial charge in [-0.3, -0.25) is 0 Å². The van der Waals surface area contributed by atoms with Gasteiger partial charge in [0.25, 0.3) is 0 Å². The average Bonchev–Trinajstić information content (AvgIpc) is 2.77. The highest BCUT2D eigenvalue weighted by molar-refractivity contribution is 5.27. The van der Waals surface area contributed by atoms with Crippen LogP contribution < -0.4 is 5.73 Å². The fourth-order valence-electron chi connectivity index (χ4n) is 1.55. The minimum absolute atomic E-state index is 0.143. The molecule has 0 radical (unpaired) electrons. The van der Waals surface area contributed by atoms with Crippen LogP contribution >= 0.6 is 0 Å². The molecule has 0 bridgehead atoms. The largest absolute Gasteiger partial charge is 0.423 e. The molecule has 1 heterocycles. The summed E-state index contributed by atoms with van der Waals surface area (Å²) in [4.78, 5) is 0. The monoisotopic (exact) mass is 271 g/mol. The van der Waals surface area contributed by atoms with E-state index in [0.29, 0.717) is 5.56 Å². The number of alkyl halides is 3. The third-order valence-corrected chi connectivity index (χ3v) is 2.48. The summed E-state index contributed by atoms with van der Waals surface area (Å²) in [5, 5.41) is 7.47. The van der Waals surface area contributed by atoms with Gasteiger partial charge in [0, 0.05) is 0 Å². The van der Waals surface area contributed by atoms with Gasteiger partial charge >= 0.3 is 6.18 Å². The van der Waals surface area contributed by atoms with E-state index in [2.05, 4.69) is 10.2 Å². The van der Waals surface area contributed by atoms with Gasteiger partial charge in [-0.1, -0.05) is 18.2 Å². The average molecular weight is 271 g/mol. The van der Waals surface area contributed by atoms with Crippen molar-refractivity contribution < 1.29 is 17.6 Å².